The molecule has 0 aliphatic heterocycles. The van der Waals surface area contributed by atoms with E-state index in [1.165, 1.54) is 11.1 Å². The molecule has 3 aromatic carbocycles. The number of aryl methyl sites for hydroxylation is 1. The molecule has 0 saturated carbocycles. The molecule has 0 atom stereocenters. The summed E-state index contributed by atoms with van der Waals surface area (Å²) in [5.41, 5.74) is 4.10. The minimum absolute atomic E-state index is 0.178. The van der Waals surface area contributed by atoms with E-state index in [1.807, 2.05) is 47.0 Å². The lowest BCUT2D eigenvalue weighted by atomic mass is 10.2. The van der Waals surface area contributed by atoms with Crippen LogP contribution in [0.1, 0.15) is 22.5 Å². The summed E-state index contributed by atoms with van der Waals surface area (Å²) in [7, 11) is 0. The largest absolute Gasteiger partial charge is 0.334 e. The zero-order valence-electron chi connectivity index (χ0n) is 18.5. The second kappa shape index (κ2) is 11.4. The Hall–Kier alpha value is -3.00. The summed E-state index contributed by atoms with van der Waals surface area (Å²) in [5.74, 6) is 1.28. The van der Waals surface area contributed by atoms with E-state index in [-0.39, 0.29) is 12.6 Å². The van der Waals surface area contributed by atoms with Crippen LogP contribution in [-0.4, -0.2) is 20.8 Å². The molecular weight excluding hydrogens is 489 g/mol. The molecule has 2 amide bonds. The van der Waals surface area contributed by atoms with Crippen molar-refractivity contribution in [1.82, 2.24) is 25.4 Å². The van der Waals surface area contributed by atoms with Gasteiger partial charge in [0.1, 0.15) is 0 Å². The molecular formula is C25H23Cl2N5OS. The highest BCUT2D eigenvalue weighted by molar-refractivity contribution is 7.98. The van der Waals surface area contributed by atoms with Crippen LogP contribution < -0.4 is 10.6 Å². The van der Waals surface area contributed by atoms with Crippen molar-refractivity contribution in [2.75, 3.05) is 0 Å². The third-order valence-electron chi connectivity index (χ3n) is 5.00. The van der Waals surface area contributed by atoms with Crippen molar-refractivity contribution in [3.05, 3.63) is 105 Å². The lowest BCUT2D eigenvalue weighted by Gasteiger charge is -2.13. The number of carbonyl (C=O) groups excluding carboxylic acids is 1. The number of urea groups is 1. The average Bonchev–Trinajstić information content (AvgIpc) is 3.23. The number of nitrogens with one attached hydrogen (secondary N) is 2. The lowest BCUT2D eigenvalue weighted by molar-refractivity contribution is 0.240. The maximum absolute atomic E-state index is 12.4. The van der Waals surface area contributed by atoms with Crippen LogP contribution in [0.4, 0.5) is 4.79 Å². The monoisotopic (exact) mass is 511 g/mol. The van der Waals surface area contributed by atoms with E-state index in [1.54, 1.807) is 23.9 Å². The van der Waals surface area contributed by atoms with Crippen molar-refractivity contribution in [3.63, 3.8) is 0 Å². The number of nitrogens with zero attached hydrogens (tertiary/aromatic N) is 3. The maximum atomic E-state index is 12.4. The van der Waals surface area contributed by atoms with E-state index < -0.39 is 0 Å². The highest BCUT2D eigenvalue weighted by Crippen LogP contribution is 2.30. The predicted molar refractivity (Wildman–Crippen MR) is 138 cm³/mol. The van der Waals surface area contributed by atoms with Gasteiger partial charge in [-0.2, -0.15) is 0 Å². The molecule has 0 bridgehead atoms. The van der Waals surface area contributed by atoms with Gasteiger partial charge in [-0.05, 0) is 36.2 Å². The zero-order valence-corrected chi connectivity index (χ0v) is 20.8. The maximum Gasteiger partial charge on any atom is 0.315 e. The average molecular weight is 512 g/mol. The van der Waals surface area contributed by atoms with Crippen LogP contribution in [0.25, 0.3) is 5.69 Å². The number of hydrogen-bond donors (Lipinski definition) is 2. The number of benzene rings is 3. The molecule has 0 radical (unpaired) electrons. The number of hydrogen-bond acceptors (Lipinski definition) is 4. The molecule has 9 heteroatoms. The third kappa shape index (κ3) is 6.32. The molecule has 0 saturated heterocycles. The quantitative estimate of drug-likeness (QED) is 0.277. The van der Waals surface area contributed by atoms with Gasteiger partial charge in [-0.1, -0.05) is 95.1 Å². The van der Waals surface area contributed by atoms with Gasteiger partial charge in [0, 0.05) is 17.3 Å². The second-order valence-electron chi connectivity index (χ2n) is 7.63. The van der Waals surface area contributed by atoms with Gasteiger partial charge < -0.3 is 10.6 Å². The van der Waals surface area contributed by atoms with E-state index in [2.05, 4.69) is 46.0 Å². The Morgan fingerprint density at radius 2 is 1.68 bits per heavy atom. The fourth-order valence-corrected chi connectivity index (χ4v) is 4.76. The van der Waals surface area contributed by atoms with E-state index in [0.29, 0.717) is 33.3 Å². The molecule has 2 N–H and O–H groups in total. The van der Waals surface area contributed by atoms with Gasteiger partial charge in [-0.25, -0.2) is 4.79 Å². The molecule has 0 unspecified atom stereocenters. The van der Waals surface area contributed by atoms with Crippen LogP contribution in [0.15, 0.2) is 78.0 Å². The molecule has 0 aliphatic rings. The van der Waals surface area contributed by atoms with Crippen molar-refractivity contribution in [3.8, 4) is 5.69 Å². The van der Waals surface area contributed by atoms with Crippen LogP contribution in [-0.2, 0) is 18.8 Å². The molecule has 174 valence electrons. The molecule has 34 heavy (non-hydrogen) atoms. The van der Waals surface area contributed by atoms with Crippen molar-refractivity contribution >= 4 is 41.0 Å². The van der Waals surface area contributed by atoms with Crippen LogP contribution >= 0.6 is 35.0 Å². The van der Waals surface area contributed by atoms with E-state index in [4.69, 9.17) is 23.2 Å². The molecule has 0 spiro atoms. The highest BCUT2D eigenvalue weighted by atomic mass is 35.5. The smallest absolute Gasteiger partial charge is 0.315 e. The molecule has 6 nitrogen and oxygen atoms in total. The summed E-state index contributed by atoms with van der Waals surface area (Å²) >= 11 is 14.2. The molecule has 4 rings (SSSR count). The first-order valence-electron chi connectivity index (χ1n) is 10.6. The van der Waals surface area contributed by atoms with Crippen molar-refractivity contribution in [2.45, 2.75) is 30.9 Å². The normalized spacial score (nSPS) is 10.8. The molecule has 0 fully saturated rings. The Bertz CT molecular complexity index is 1280. The molecule has 1 aromatic heterocycles. The van der Waals surface area contributed by atoms with E-state index in [9.17, 15) is 4.79 Å². The van der Waals surface area contributed by atoms with Crippen LogP contribution in [0.2, 0.25) is 10.0 Å². The number of amides is 2. The molecule has 1 heterocycles. The summed E-state index contributed by atoms with van der Waals surface area (Å²) in [6.45, 7) is 2.67. The number of carbonyl (C=O) groups is 1. The van der Waals surface area contributed by atoms with Crippen molar-refractivity contribution in [2.24, 2.45) is 0 Å². The summed E-state index contributed by atoms with van der Waals surface area (Å²) < 4.78 is 1.86. The van der Waals surface area contributed by atoms with Gasteiger partial charge in [0.25, 0.3) is 0 Å². The fraction of sp³-hybridized carbons (Fsp3) is 0.160. The Balaban J connectivity index is 1.51. The first-order chi connectivity index (χ1) is 16.5. The number of thioether (sulfide) groups is 1. The van der Waals surface area contributed by atoms with Gasteiger partial charge >= 0.3 is 6.03 Å². The van der Waals surface area contributed by atoms with Gasteiger partial charge in [-0.15, -0.1) is 10.2 Å². The minimum Gasteiger partial charge on any atom is -0.334 e. The fourth-order valence-electron chi connectivity index (χ4n) is 3.36. The number of rotatable bonds is 8. The van der Waals surface area contributed by atoms with Crippen LogP contribution in [0.3, 0.4) is 0 Å². The molecule has 4 aromatic rings. The standard InChI is InChI=1S/C25H23Cl2N5OS/c1-17-6-5-9-19(12-17)16-34-25-31-30-23(32(25)22-11-10-20(26)13-21(22)27)15-29-24(33)28-14-18-7-3-2-4-8-18/h2-13H,14-16H2,1H3,(H2,28,29,33). The van der Waals surface area contributed by atoms with Crippen molar-refractivity contribution < 1.29 is 4.79 Å². The van der Waals surface area contributed by atoms with Crippen LogP contribution in [0, 0.1) is 6.92 Å². The Morgan fingerprint density at radius 3 is 2.44 bits per heavy atom. The highest BCUT2D eigenvalue weighted by Gasteiger charge is 2.18. The summed E-state index contributed by atoms with van der Waals surface area (Å²) in [5, 5.41) is 16.1. The Morgan fingerprint density at radius 1 is 0.912 bits per heavy atom. The second-order valence-corrected chi connectivity index (χ2v) is 9.42. The zero-order chi connectivity index (χ0) is 23.9. The Labute approximate surface area is 212 Å². The summed E-state index contributed by atoms with van der Waals surface area (Å²) in [6.07, 6.45) is 0. The summed E-state index contributed by atoms with van der Waals surface area (Å²) in [4.78, 5) is 12.4. The van der Waals surface area contributed by atoms with Gasteiger partial charge in [0.15, 0.2) is 11.0 Å². The van der Waals surface area contributed by atoms with Crippen molar-refractivity contribution in [1.29, 1.82) is 0 Å². The predicted octanol–water partition coefficient (Wildman–Crippen LogP) is 6.17. The summed E-state index contributed by atoms with van der Waals surface area (Å²) in [6, 6.07) is 23.0. The number of halogens is 2. The Kier molecular flexibility index (Phi) is 8.11. The lowest BCUT2D eigenvalue weighted by Crippen LogP contribution is -2.35. The van der Waals surface area contributed by atoms with Gasteiger partial charge in [-0.3, -0.25) is 4.57 Å². The van der Waals surface area contributed by atoms with E-state index in [0.717, 1.165) is 11.3 Å². The number of aromatic nitrogens is 3. The van der Waals surface area contributed by atoms with E-state index >= 15 is 0 Å². The minimum atomic E-state index is -0.297. The first kappa shape index (κ1) is 24.1. The molecule has 0 aliphatic carbocycles. The van der Waals surface area contributed by atoms with Gasteiger partial charge in [0.05, 0.1) is 17.3 Å². The first-order valence-corrected chi connectivity index (χ1v) is 12.4. The van der Waals surface area contributed by atoms with Gasteiger partial charge in [0.2, 0.25) is 0 Å². The SMILES string of the molecule is Cc1cccc(CSc2nnc(CNC(=O)NCc3ccccc3)n2-c2ccc(Cl)cc2Cl)c1. The van der Waals surface area contributed by atoms with Crippen LogP contribution in [0.5, 0.6) is 0 Å². The third-order valence-corrected chi connectivity index (χ3v) is 6.54. The topological polar surface area (TPSA) is 71.8 Å².